The fraction of sp³-hybridized carbons (Fsp3) is 0.0952. The first kappa shape index (κ1) is 18.6. The van der Waals surface area contributed by atoms with E-state index in [-0.39, 0.29) is 16.3 Å². The summed E-state index contributed by atoms with van der Waals surface area (Å²) in [5, 5.41) is 14.5. The lowest BCUT2D eigenvalue weighted by Gasteiger charge is -2.32. The molecule has 0 saturated heterocycles. The number of amides is 1. The molecule has 136 valence electrons. The highest BCUT2D eigenvalue weighted by atomic mass is 35.5. The largest absolute Gasteiger partial charge is 0.338 e. The van der Waals surface area contributed by atoms with Gasteiger partial charge in [0.15, 0.2) is 0 Å². The van der Waals surface area contributed by atoms with Gasteiger partial charge in [0.1, 0.15) is 5.56 Å². The number of nitrogens with zero attached hydrogens (tertiary/aromatic N) is 1. The Labute approximate surface area is 161 Å². The molecule has 0 atom stereocenters. The van der Waals surface area contributed by atoms with Gasteiger partial charge >= 0.3 is 0 Å². The monoisotopic (exact) mass is 380 g/mol. The van der Waals surface area contributed by atoms with Gasteiger partial charge in [0.2, 0.25) is 0 Å². The van der Waals surface area contributed by atoms with E-state index in [1.165, 1.54) is 18.2 Å². The van der Waals surface area contributed by atoms with Gasteiger partial charge in [-0.3, -0.25) is 14.9 Å². The molecule has 6 heteroatoms. The third-order valence-electron chi connectivity index (χ3n) is 4.47. The Morgan fingerprint density at radius 3 is 1.96 bits per heavy atom. The van der Waals surface area contributed by atoms with E-state index in [1.54, 1.807) is 0 Å². The van der Waals surface area contributed by atoms with Gasteiger partial charge in [0, 0.05) is 11.1 Å². The van der Waals surface area contributed by atoms with Crippen LogP contribution in [0.1, 0.15) is 28.4 Å². The van der Waals surface area contributed by atoms with E-state index in [4.69, 9.17) is 11.6 Å². The quantitative estimate of drug-likeness (QED) is 0.503. The normalized spacial score (nSPS) is 11.0. The van der Waals surface area contributed by atoms with Gasteiger partial charge in [-0.25, -0.2) is 0 Å². The van der Waals surface area contributed by atoms with Gasteiger partial charge < -0.3 is 5.32 Å². The number of rotatable bonds is 5. The second kappa shape index (κ2) is 7.60. The van der Waals surface area contributed by atoms with Gasteiger partial charge in [0.25, 0.3) is 11.6 Å². The second-order valence-corrected chi connectivity index (χ2v) is 6.67. The molecule has 0 radical (unpaired) electrons. The molecule has 1 N–H and O–H groups in total. The topological polar surface area (TPSA) is 72.2 Å². The lowest BCUT2D eigenvalue weighted by atomic mass is 9.84. The van der Waals surface area contributed by atoms with Gasteiger partial charge in [-0.2, -0.15) is 0 Å². The van der Waals surface area contributed by atoms with Gasteiger partial charge in [-0.1, -0.05) is 72.3 Å². The Balaban J connectivity index is 2.06. The molecule has 0 fully saturated rings. The highest BCUT2D eigenvalue weighted by Crippen LogP contribution is 2.31. The van der Waals surface area contributed by atoms with Crippen LogP contribution in [0, 0.1) is 10.1 Å². The number of carbonyl (C=O) groups is 1. The molecule has 27 heavy (non-hydrogen) atoms. The SMILES string of the molecule is CC(NC(=O)c1ccc(Cl)cc1[N+](=O)[O-])(c1ccccc1)c1ccccc1. The molecule has 5 nitrogen and oxygen atoms in total. The summed E-state index contributed by atoms with van der Waals surface area (Å²) in [7, 11) is 0. The van der Waals surface area contributed by atoms with E-state index in [2.05, 4.69) is 5.32 Å². The Hall–Kier alpha value is -3.18. The maximum atomic E-state index is 13.0. The van der Waals surface area contributed by atoms with E-state index in [9.17, 15) is 14.9 Å². The fourth-order valence-electron chi connectivity index (χ4n) is 3.00. The molecule has 3 aromatic carbocycles. The second-order valence-electron chi connectivity index (χ2n) is 6.23. The molecule has 0 spiro atoms. The van der Waals surface area contributed by atoms with Crippen molar-refractivity contribution in [1.82, 2.24) is 5.32 Å². The number of hydrogen-bond donors (Lipinski definition) is 1. The van der Waals surface area contributed by atoms with Crippen molar-refractivity contribution in [2.75, 3.05) is 0 Å². The molecule has 0 bridgehead atoms. The highest BCUT2D eigenvalue weighted by molar-refractivity contribution is 6.31. The molecular weight excluding hydrogens is 364 g/mol. The van der Waals surface area contributed by atoms with E-state index < -0.39 is 16.4 Å². The minimum absolute atomic E-state index is 0.0394. The molecule has 3 aromatic rings. The van der Waals surface area contributed by atoms with Crippen LogP contribution in [-0.2, 0) is 5.54 Å². The summed E-state index contributed by atoms with van der Waals surface area (Å²) in [6, 6.07) is 22.9. The van der Waals surface area contributed by atoms with Crippen LogP contribution < -0.4 is 5.32 Å². The summed E-state index contributed by atoms with van der Waals surface area (Å²) in [4.78, 5) is 23.7. The minimum Gasteiger partial charge on any atom is -0.338 e. The van der Waals surface area contributed by atoms with Crippen molar-refractivity contribution in [3.05, 3.63) is 111 Å². The van der Waals surface area contributed by atoms with Crippen LogP contribution >= 0.6 is 11.6 Å². The number of halogens is 1. The van der Waals surface area contributed by atoms with E-state index in [1.807, 2.05) is 67.6 Å². The maximum absolute atomic E-state index is 13.0. The average molecular weight is 381 g/mol. The van der Waals surface area contributed by atoms with Gasteiger partial charge in [-0.05, 0) is 30.2 Å². The van der Waals surface area contributed by atoms with Crippen LogP contribution in [0.3, 0.4) is 0 Å². The zero-order valence-electron chi connectivity index (χ0n) is 14.6. The first-order chi connectivity index (χ1) is 12.9. The van der Waals surface area contributed by atoms with Crippen LogP contribution in [-0.4, -0.2) is 10.8 Å². The number of hydrogen-bond acceptors (Lipinski definition) is 3. The number of nitro groups is 1. The lowest BCUT2D eigenvalue weighted by molar-refractivity contribution is -0.385. The number of nitrogens with one attached hydrogen (secondary N) is 1. The van der Waals surface area contributed by atoms with Gasteiger partial charge in [0.05, 0.1) is 10.5 Å². The predicted molar refractivity (Wildman–Crippen MR) is 105 cm³/mol. The van der Waals surface area contributed by atoms with Crippen LogP contribution in [0.15, 0.2) is 78.9 Å². The third-order valence-corrected chi connectivity index (χ3v) is 4.70. The summed E-state index contributed by atoms with van der Waals surface area (Å²) in [5.41, 5.74) is 0.487. The molecule has 0 aliphatic carbocycles. The molecule has 0 aliphatic rings. The van der Waals surface area contributed by atoms with Crippen molar-refractivity contribution >= 4 is 23.2 Å². The predicted octanol–water partition coefficient (Wildman–Crippen LogP) is 4.94. The smallest absolute Gasteiger partial charge is 0.283 e. The Bertz CT molecular complexity index is 936. The lowest BCUT2D eigenvalue weighted by Crippen LogP contribution is -2.44. The molecule has 3 rings (SSSR count). The number of benzene rings is 3. The first-order valence-electron chi connectivity index (χ1n) is 8.29. The average Bonchev–Trinajstić information content (AvgIpc) is 2.69. The Morgan fingerprint density at radius 2 is 1.48 bits per heavy atom. The van der Waals surface area contributed by atoms with Crippen LogP contribution in [0.4, 0.5) is 5.69 Å². The van der Waals surface area contributed by atoms with Crippen molar-refractivity contribution in [1.29, 1.82) is 0 Å². The van der Waals surface area contributed by atoms with Crippen molar-refractivity contribution in [3.8, 4) is 0 Å². The van der Waals surface area contributed by atoms with Crippen LogP contribution in [0.25, 0.3) is 0 Å². The third kappa shape index (κ3) is 3.83. The highest BCUT2D eigenvalue weighted by Gasteiger charge is 2.33. The van der Waals surface area contributed by atoms with E-state index in [0.29, 0.717) is 0 Å². The molecule has 0 heterocycles. The van der Waals surface area contributed by atoms with Crippen molar-refractivity contribution in [3.63, 3.8) is 0 Å². The summed E-state index contributed by atoms with van der Waals surface area (Å²) in [6.07, 6.45) is 0. The van der Waals surface area contributed by atoms with Gasteiger partial charge in [-0.15, -0.1) is 0 Å². The van der Waals surface area contributed by atoms with Crippen LogP contribution in [0.2, 0.25) is 5.02 Å². The standard InChI is InChI=1S/C21H17ClN2O3/c1-21(15-8-4-2-5-9-15,16-10-6-3-7-11-16)23-20(25)18-13-12-17(22)14-19(18)24(26)27/h2-14H,1H3,(H,23,25). The molecule has 0 saturated carbocycles. The van der Waals surface area contributed by atoms with Crippen molar-refractivity contribution in [2.24, 2.45) is 0 Å². The molecule has 1 amide bonds. The fourth-order valence-corrected chi connectivity index (χ4v) is 3.16. The zero-order valence-corrected chi connectivity index (χ0v) is 15.3. The van der Waals surface area contributed by atoms with E-state index in [0.717, 1.165) is 11.1 Å². The zero-order chi connectivity index (χ0) is 19.4. The minimum atomic E-state index is -0.868. The summed E-state index contributed by atoms with van der Waals surface area (Å²) < 4.78 is 0. The summed E-state index contributed by atoms with van der Waals surface area (Å²) in [6.45, 7) is 1.87. The first-order valence-corrected chi connectivity index (χ1v) is 8.67. The molecule has 0 aliphatic heterocycles. The molecule has 0 aromatic heterocycles. The van der Waals surface area contributed by atoms with Crippen LogP contribution in [0.5, 0.6) is 0 Å². The molecular formula is C21H17ClN2O3. The van der Waals surface area contributed by atoms with Crippen molar-refractivity contribution in [2.45, 2.75) is 12.5 Å². The molecule has 0 unspecified atom stereocenters. The summed E-state index contributed by atoms with van der Waals surface area (Å²) >= 11 is 5.85. The number of nitro benzene ring substituents is 1. The Kier molecular flexibility index (Phi) is 5.23. The summed E-state index contributed by atoms with van der Waals surface area (Å²) in [5.74, 6) is -0.548. The van der Waals surface area contributed by atoms with E-state index >= 15 is 0 Å². The number of carbonyl (C=O) groups excluding carboxylic acids is 1. The maximum Gasteiger partial charge on any atom is 0.283 e. The Morgan fingerprint density at radius 1 is 0.963 bits per heavy atom. The van der Waals surface area contributed by atoms with Crippen molar-refractivity contribution < 1.29 is 9.72 Å².